The van der Waals surface area contributed by atoms with Crippen molar-refractivity contribution in [2.24, 2.45) is 0 Å². The van der Waals surface area contributed by atoms with E-state index >= 15 is 0 Å². The highest BCUT2D eigenvalue weighted by molar-refractivity contribution is 5.30. The van der Waals surface area contributed by atoms with Crippen molar-refractivity contribution >= 4 is 0 Å². The lowest BCUT2D eigenvalue weighted by atomic mass is 9.88. The molecular formula is C18H24N2. The fourth-order valence-corrected chi connectivity index (χ4v) is 3.13. The Morgan fingerprint density at radius 1 is 1.20 bits per heavy atom. The second kappa shape index (κ2) is 6.27. The zero-order valence-electron chi connectivity index (χ0n) is 12.3. The fourth-order valence-electron chi connectivity index (χ4n) is 3.13. The molecule has 3 rings (SSSR count). The molecule has 1 aliphatic carbocycles. The Morgan fingerprint density at radius 2 is 2.05 bits per heavy atom. The van der Waals surface area contributed by atoms with Gasteiger partial charge in [0, 0.05) is 31.5 Å². The Bertz CT molecular complexity index is 556. The SMILES string of the molecule is CCCn1ccc(CNC2CCc3ccccc3C2)c1. The third-order valence-electron chi connectivity index (χ3n) is 4.24. The van der Waals surface area contributed by atoms with Crippen LogP contribution in [-0.4, -0.2) is 10.6 Å². The Balaban J connectivity index is 1.54. The highest BCUT2D eigenvalue weighted by atomic mass is 15.0. The zero-order chi connectivity index (χ0) is 13.8. The van der Waals surface area contributed by atoms with Crippen LogP contribution in [0.1, 0.15) is 36.5 Å². The van der Waals surface area contributed by atoms with Crippen molar-refractivity contribution in [2.45, 2.75) is 51.7 Å². The van der Waals surface area contributed by atoms with E-state index in [4.69, 9.17) is 0 Å². The molecule has 2 nitrogen and oxygen atoms in total. The number of fused-ring (bicyclic) bond motifs is 1. The number of hydrogen-bond acceptors (Lipinski definition) is 1. The van der Waals surface area contributed by atoms with E-state index in [0.29, 0.717) is 6.04 Å². The Kier molecular flexibility index (Phi) is 4.22. The molecule has 2 aromatic rings. The van der Waals surface area contributed by atoms with Crippen LogP contribution in [-0.2, 0) is 25.9 Å². The molecule has 1 heterocycles. The zero-order valence-corrected chi connectivity index (χ0v) is 12.3. The molecule has 0 amide bonds. The van der Waals surface area contributed by atoms with Crippen LogP contribution in [0.2, 0.25) is 0 Å². The van der Waals surface area contributed by atoms with Crippen molar-refractivity contribution in [3.8, 4) is 0 Å². The molecule has 1 aromatic carbocycles. The van der Waals surface area contributed by atoms with Gasteiger partial charge in [0.2, 0.25) is 0 Å². The van der Waals surface area contributed by atoms with Gasteiger partial charge in [-0.1, -0.05) is 31.2 Å². The molecule has 0 saturated carbocycles. The second-order valence-corrected chi connectivity index (χ2v) is 5.85. The van der Waals surface area contributed by atoms with E-state index < -0.39 is 0 Å². The van der Waals surface area contributed by atoms with Crippen molar-refractivity contribution in [1.29, 1.82) is 0 Å². The summed E-state index contributed by atoms with van der Waals surface area (Å²) in [6.45, 7) is 4.33. The van der Waals surface area contributed by atoms with Crippen molar-refractivity contribution in [3.05, 3.63) is 59.4 Å². The Hall–Kier alpha value is -1.54. The fraction of sp³-hybridized carbons (Fsp3) is 0.444. The predicted octanol–water partition coefficient (Wildman–Crippen LogP) is 3.55. The normalized spacial score (nSPS) is 17.9. The smallest absolute Gasteiger partial charge is 0.0223 e. The van der Waals surface area contributed by atoms with E-state index in [1.54, 1.807) is 5.56 Å². The Morgan fingerprint density at radius 3 is 2.90 bits per heavy atom. The van der Waals surface area contributed by atoms with E-state index in [-0.39, 0.29) is 0 Å². The van der Waals surface area contributed by atoms with Gasteiger partial charge in [-0.05, 0) is 48.4 Å². The molecule has 0 aliphatic heterocycles. The quantitative estimate of drug-likeness (QED) is 0.877. The van der Waals surface area contributed by atoms with Crippen LogP contribution in [0, 0.1) is 0 Å². The van der Waals surface area contributed by atoms with E-state index in [9.17, 15) is 0 Å². The minimum absolute atomic E-state index is 0.624. The van der Waals surface area contributed by atoms with E-state index in [1.807, 2.05) is 0 Å². The summed E-state index contributed by atoms with van der Waals surface area (Å²) in [4.78, 5) is 0. The molecule has 106 valence electrons. The highest BCUT2D eigenvalue weighted by Crippen LogP contribution is 2.21. The monoisotopic (exact) mass is 268 g/mol. The molecule has 1 atom stereocenters. The van der Waals surface area contributed by atoms with Crippen molar-refractivity contribution in [3.63, 3.8) is 0 Å². The number of aryl methyl sites for hydroxylation is 2. The van der Waals surface area contributed by atoms with Crippen LogP contribution in [0.25, 0.3) is 0 Å². The summed E-state index contributed by atoms with van der Waals surface area (Å²) in [6.07, 6.45) is 9.30. The predicted molar refractivity (Wildman–Crippen MR) is 83.8 cm³/mol. The summed E-state index contributed by atoms with van der Waals surface area (Å²) in [5.41, 5.74) is 4.47. The van der Waals surface area contributed by atoms with Gasteiger partial charge < -0.3 is 9.88 Å². The highest BCUT2D eigenvalue weighted by Gasteiger charge is 2.17. The number of nitrogens with one attached hydrogen (secondary N) is 1. The maximum absolute atomic E-state index is 3.72. The van der Waals surface area contributed by atoms with Gasteiger partial charge in [-0.3, -0.25) is 0 Å². The molecule has 0 saturated heterocycles. The van der Waals surface area contributed by atoms with Gasteiger partial charge in [-0.25, -0.2) is 0 Å². The van der Waals surface area contributed by atoms with Crippen LogP contribution in [0.5, 0.6) is 0 Å². The first-order chi connectivity index (χ1) is 9.85. The Labute approximate surface area is 121 Å². The van der Waals surface area contributed by atoms with Crippen LogP contribution in [0.4, 0.5) is 0 Å². The third-order valence-corrected chi connectivity index (χ3v) is 4.24. The first-order valence-electron chi connectivity index (χ1n) is 7.80. The summed E-state index contributed by atoms with van der Waals surface area (Å²) in [7, 11) is 0. The topological polar surface area (TPSA) is 17.0 Å². The summed E-state index contributed by atoms with van der Waals surface area (Å²) in [5.74, 6) is 0. The van der Waals surface area contributed by atoms with E-state index in [1.165, 1.54) is 36.8 Å². The second-order valence-electron chi connectivity index (χ2n) is 5.85. The largest absolute Gasteiger partial charge is 0.354 e. The van der Waals surface area contributed by atoms with Gasteiger partial charge in [0.1, 0.15) is 0 Å². The molecular weight excluding hydrogens is 244 g/mol. The minimum atomic E-state index is 0.624. The minimum Gasteiger partial charge on any atom is -0.354 e. The number of rotatable bonds is 5. The molecule has 0 fully saturated rings. The molecule has 1 aromatic heterocycles. The lowest BCUT2D eigenvalue weighted by molar-refractivity contribution is 0.457. The number of hydrogen-bond donors (Lipinski definition) is 1. The van der Waals surface area contributed by atoms with Gasteiger partial charge in [-0.15, -0.1) is 0 Å². The number of aromatic nitrogens is 1. The van der Waals surface area contributed by atoms with Crippen molar-refractivity contribution in [2.75, 3.05) is 0 Å². The lowest BCUT2D eigenvalue weighted by Crippen LogP contribution is -2.33. The number of nitrogens with zero attached hydrogens (tertiary/aromatic N) is 1. The summed E-state index contributed by atoms with van der Waals surface area (Å²) >= 11 is 0. The standard InChI is InChI=1S/C18H24N2/c1-2-10-20-11-9-15(14-20)13-19-18-8-7-16-5-3-4-6-17(16)12-18/h3-6,9,11,14,18-19H,2,7-8,10,12-13H2,1H3. The molecule has 0 radical (unpaired) electrons. The first-order valence-corrected chi connectivity index (χ1v) is 7.80. The van der Waals surface area contributed by atoms with Crippen molar-refractivity contribution in [1.82, 2.24) is 9.88 Å². The molecule has 1 unspecified atom stereocenters. The van der Waals surface area contributed by atoms with Gasteiger partial charge in [0.15, 0.2) is 0 Å². The van der Waals surface area contributed by atoms with Crippen molar-refractivity contribution < 1.29 is 0 Å². The molecule has 1 N–H and O–H groups in total. The third kappa shape index (κ3) is 3.13. The number of benzene rings is 1. The van der Waals surface area contributed by atoms with Gasteiger partial charge in [0.25, 0.3) is 0 Å². The maximum atomic E-state index is 3.72. The van der Waals surface area contributed by atoms with Crippen LogP contribution in [0.3, 0.4) is 0 Å². The lowest BCUT2D eigenvalue weighted by Gasteiger charge is -2.25. The van der Waals surface area contributed by atoms with Crippen LogP contribution < -0.4 is 5.32 Å². The van der Waals surface area contributed by atoms with E-state index in [2.05, 4.69) is 59.5 Å². The molecule has 1 aliphatic rings. The molecule has 20 heavy (non-hydrogen) atoms. The van der Waals surface area contributed by atoms with Gasteiger partial charge in [0.05, 0.1) is 0 Å². The van der Waals surface area contributed by atoms with Crippen LogP contribution in [0.15, 0.2) is 42.7 Å². The average Bonchev–Trinajstić information content (AvgIpc) is 2.93. The van der Waals surface area contributed by atoms with Gasteiger partial charge >= 0.3 is 0 Å². The van der Waals surface area contributed by atoms with Gasteiger partial charge in [-0.2, -0.15) is 0 Å². The molecule has 0 bridgehead atoms. The van der Waals surface area contributed by atoms with Crippen LogP contribution >= 0.6 is 0 Å². The molecule has 2 heteroatoms. The van der Waals surface area contributed by atoms with E-state index in [0.717, 1.165) is 13.1 Å². The summed E-state index contributed by atoms with van der Waals surface area (Å²) < 4.78 is 2.28. The average molecular weight is 268 g/mol. The summed E-state index contributed by atoms with van der Waals surface area (Å²) in [5, 5.41) is 3.72. The maximum Gasteiger partial charge on any atom is 0.0223 e. The summed E-state index contributed by atoms with van der Waals surface area (Å²) in [6, 6.07) is 11.7. The first kappa shape index (κ1) is 13.4. The molecule has 0 spiro atoms.